The Kier molecular flexibility index (Phi) is 1040. The van der Waals surface area contributed by atoms with Crippen molar-refractivity contribution in [3.05, 3.63) is 26.7 Å². The zero-order valence-corrected chi connectivity index (χ0v) is 16.8. The average Bonchev–Trinajstić information content (AvgIpc) is 2.38. The predicted molar refractivity (Wildman–Crippen MR) is 81.1 cm³/mol. The first kappa shape index (κ1) is 90.5. The van der Waals surface area contributed by atoms with Gasteiger partial charge in [-0.1, -0.05) is 14.9 Å². The van der Waals surface area contributed by atoms with Crippen LogP contribution in [0.25, 0.3) is 0 Å². The Bertz CT molecular complexity index is 80.7. The van der Waals surface area contributed by atoms with Crippen molar-refractivity contribution in [1.29, 1.82) is 0 Å². The van der Waals surface area contributed by atoms with Gasteiger partial charge < -0.3 is 31.8 Å². The first-order valence-corrected chi connectivity index (χ1v) is 3.77. The monoisotopic (exact) mass is 470 g/mol. The molecule has 0 amide bonds. The normalized spacial score (nSPS) is 3.82. The van der Waals surface area contributed by atoms with E-state index in [1.54, 1.807) is 0 Å². The smallest absolute Gasteiger partial charge is 0.0179 e. The van der Waals surface area contributed by atoms with Crippen LogP contribution in [0.2, 0.25) is 0 Å². The third-order valence-electron chi connectivity index (χ3n) is 0.416. The van der Waals surface area contributed by atoms with Crippen LogP contribution >= 0.6 is 0 Å². The Labute approximate surface area is 189 Å². The van der Waals surface area contributed by atoms with E-state index < -0.39 is 0 Å². The third kappa shape index (κ3) is 465. The maximum atomic E-state index is 7.88. The number of aliphatic hydroxyl groups excluding tert-OH is 3. The molecule has 0 aliphatic heterocycles. The molecule has 0 heterocycles. The van der Waals surface area contributed by atoms with E-state index in [9.17, 15) is 0 Å². The maximum Gasteiger partial charge on any atom is 0.0179 e. The zero-order valence-electron chi connectivity index (χ0n) is 11.2. The van der Waals surface area contributed by atoms with Crippen molar-refractivity contribution < 1.29 is 101 Å². The quantitative estimate of drug-likeness (QED) is 0.252. The van der Waals surface area contributed by atoms with Gasteiger partial charge in [-0.15, -0.1) is 19.6 Å². The van der Waals surface area contributed by atoms with E-state index in [0.717, 1.165) is 6.61 Å². The summed E-state index contributed by atoms with van der Waals surface area (Å²) in [6.45, 7) is 17.0. The van der Waals surface area contributed by atoms with Crippen LogP contribution in [0, 0.1) is 13.5 Å². The van der Waals surface area contributed by atoms with E-state index in [4.69, 9.17) is 24.9 Å². The molecular weight excluding hydrogens is 439 g/mol. The fraction of sp³-hybridized carbons (Fsp3) is 0.500. The minimum atomic E-state index is 0. The van der Waals surface area contributed by atoms with Gasteiger partial charge in [0.05, 0.1) is 0 Å². The van der Waals surface area contributed by atoms with Gasteiger partial charge in [0.2, 0.25) is 0 Å². The number of carbonyl (C=O) groups excluding carboxylic acids is 2. The van der Waals surface area contributed by atoms with Gasteiger partial charge in [-0.05, 0) is 0 Å². The molecule has 22 heavy (non-hydrogen) atoms. The Morgan fingerprint density at radius 1 is 0.909 bits per heavy atom. The molecule has 0 spiro atoms. The van der Waals surface area contributed by atoms with Crippen LogP contribution in [-0.4, -0.2) is 50.5 Å². The molecule has 0 aromatic carbocycles. The molecule has 0 rings (SSSR count). The van der Waals surface area contributed by atoms with Crippen LogP contribution in [-0.2, 0) is 83.8 Å². The Hall–Kier alpha value is 1.36. The van der Waals surface area contributed by atoms with Gasteiger partial charge in [0.15, 0.2) is 0 Å². The van der Waals surface area contributed by atoms with E-state index in [2.05, 4.69) is 33.7 Å². The maximum absolute atomic E-state index is 7.88. The molecule has 0 aromatic rings. The molecule has 0 bridgehead atoms. The first-order chi connectivity index (χ1) is 7.33. The molecule has 0 unspecified atom stereocenters. The average molecular weight is 470 g/mol. The largest absolute Gasteiger partial charge is 0.566 e. The van der Waals surface area contributed by atoms with E-state index in [-0.39, 0.29) is 112 Å². The van der Waals surface area contributed by atoms with Crippen LogP contribution in [0.3, 0.4) is 0 Å². The second-order valence-electron chi connectivity index (χ2n) is 1.27. The molecule has 10 heteroatoms. The molecule has 0 aliphatic rings. The van der Waals surface area contributed by atoms with Gasteiger partial charge >= 0.3 is 0 Å². The van der Waals surface area contributed by atoms with Crippen molar-refractivity contribution in [3.8, 4) is 0 Å². The topological polar surface area (TPSA) is 94.8 Å². The molecule has 0 aliphatic carbocycles. The fourth-order valence-corrected chi connectivity index (χ4v) is 0.0577. The number of rotatable bonds is 3. The van der Waals surface area contributed by atoms with Crippen molar-refractivity contribution in [2.75, 3.05) is 13.2 Å². The van der Waals surface area contributed by atoms with Gasteiger partial charge in [0.1, 0.15) is 0 Å². The summed E-state index contributed by atoms with van der Waals surface area (Å²) >= 11 is 0. The second-order valence-corrected chi connectivity index (χ2v) is 1.27. The van der Waals surface area contributed by atoms with E-state index >= 15 is 0 Å². The van der Waals surface area contributed by atoms with Crippen LogP contribution in [0.4, 0.5) is 0 Å². The van der Waals surface area contributed by atoms with Gasteiger partial charge in [0, 0.05) is 97.3 Å². The van der Waals surface area contributed by atoms with Gasteiger partial charge in [-0.2, -0.15) is 6.42 Å². The Balaban J connectivity index is -0.00000000475. The summed E-state index contributed by atoms with van der Waals surface area (Å²) in [5.74, 6) is 0. The van der Waals surface area contributed by atoms with Gasteiger partial charge in [-0.3, -0.25) is 13.6 Å². The van der Waals surface area contributed by atoms with Crippen molar-refractivity contribution >= 4 is 22.0 Å². The van der Waals surface area contributed by atoms with E-state index in [1.807, 2.05) is 0 Å². The van der Waals surface area contributed by atoms with Crippen LogP contribution in [0.5, 0.6) is 0 Å². The van der Waals surface area contributed by atoms with Crippen molar-refractivity contribution in [1.82, 2.24) is 0 Å². The van der Waals surface area contributed by atoms with Gasteiger partial charge in [0.25, 0.3) is 0 Å². The van der Waals surface area contributed by atoms with E-state index in [0.29, 0.717) is 12.8 Å². The summed E-state index contributed by atoms with van der Waals surface area (Å²) in [6, 6.07) is 0. The molecule has 0 fully saturated rings. The second kappa shape index (κ2) is 252. The summed E-state index contributed by atoms with van der Waals surface area (Å²) in [6.07, 6.45) is 1.00. The van der Waals surface area contributed by atoms with E-state index in [1.165, 1.54) is 0 Å². The summed E-state index contributed by atoms with van der Waals surface area (Å²) in [5.41, 5.74) is 0. The zero-order chi connectivity index (χ0) is 13.5. The number of hydrogen-bond acceptors (Lipinski definition) is 5. The SMILES string of the molecule is C.C.C=C.O[CH-]CCO.[2HH].[B].[CH-]=O.[CH-]=O.[CH2-]CCO.[V].[V].[V].[V]. The van der Waals surface area contributed by atoms with Crippen LogP contribution < -0.4 is 0 Å². The van der Waals surface area contributed by atoms with Crippen molar-refractivity contribution in [2.24, 2.45) is 0 Å². The van der Waals surface area contributed by atoms with Gasteiger partial charge in [-0.25, -0.2) is 6.61 Å². The molecule has 7 radical (unpaired) electrons. The first-order valence-electron chi connectivity index (χ1n) is 3.77. The Morgan fingerprint density at radius 2 is 1.09 bits per heavy atom. The summed E-state index contributed by atoms with van der Waals surface area (Å²) < 4.78 is 0. The van der Waals surface area contributed by atoms with Crippen LogP contribution in [0.15, 0.2) is 13.2 Å². The molecular formula is C12H30BO5V4-4. The van der Waals surface area contributed by atoms with Crippen LogP contribution in [0.1, 0.15) is 29.1 Å². The standard InChI is InChI=1S/C3H7O2.C3H7O.C2H4.2CHO.2CH4.B.4V.H2/c4-2-1-3-5;1-2-3-4;3*1-2;;;;;;;;/h2,4-5H,1,3H2;4H,1-3H2;1-2H2;2*1H;2*1H4;;;;;;1H/q2*-1;;2*-1;;;;;;;;/i;;;;;;;;;;;;1+1. The van der Waals surface area contributed by atoms with Crippen molar-refractivity contribution in [2.45, 2.75) is 27.7 Å². The number of hydrogen-bond donors (Lipinski definition) is 3. The Morgan fingerprint density at radius 3 is 1.09 bits per heavy atom. The predicted octanol–water partition coefficient (Wildman–Crippen LogP) is 1.49. The molecule has 0 aromatic heterocycles. The third-order valence-corrected chi connectivity index (χ3v) is 0.416. The molecule has 0 atom stereocenters. The molecule has 0 saturated heterocycles. The molecule has 5 nitrogen and oxygen atoms in total. The number of aliphatic hydroxyl groups is 3. The molecule has 3 N–H and O–H groups in total. The summed E-state index contributed by atoms with van der Waals surface area (Å²) in [5, 5.41) is 23.5. The molecule has 135 valence electrons. The van der Waals surface area contributed by atoms with Crippen molar-refractivity contribution in [3.63, 3.8) is 0 Å². The summed E-state index contributed by atoms with van der Waals surface area (Å²) in [7, 11) is 0. The fourth-order valence-electron chi connectivity index (χ4n) is 0.0577. The molecule has 0 saturated carbocycles. The minimum Gasteiger partial charge on any atom is -0.566 e. The minimum absolute atomic E-state index is 0. The summed E-state index contributed by atoms with van der Waals surface area (Å²) in [4.78, 5) is 15.5.